The summed E-state index contributed by atoms with van der Waals surface area (Å²) in [5.74, 6) is -0.311. The van der Waals surface area contributed by atoms with Crippen LogP contribution in [0.15, 0.2) is 23.1 Å². The van der Waals surface area contributed by atoms with Gasteiger partial charge in [0.1, 0.15) is 4.90 Å². The van der Waals surface area contributed by atoms with Crippen molar-refractivity contribution in [3.63, 3.8) is 0 Å². The summed E-state index contributed by atoms with van der Waals surface area (Å²) in [6.07, 6.45) is -1.11. The van der Waals surface area contributed by atoms with Gasteiger partial charge < -0.3 is 4.74 Å². The molecule has 20 heavy (non-hydrogen) atoms. The Morgan fingerprint density at radius 1 is 1.40 bits per heavy atom. The van der Waals surface area contributed by atoms with Crippen molar-refractivity contribution in [2.45, 2.75) is 11.8 Å². The average Bonchev–Trinajstić information content (AvgIpc) is 2.37. The van der Waals surface area contributed by atoms with Gasteiger partial charge in [0.2, 0.25) is 0 Å². The van der Waals surface area contributed by atoms with E-state index in [9.17, 15) is 18.0 Å². The Kier molecular flexibility index (Phi) is 5.97. The van der Waals surface area contributed by atoms with E-state index in [0.29, 0.717) is 0 Å². The molecule has 0 aliphatic carbocycles. The van der Waals surface area contributed by atoms with Gasteiger partial charge in [-0.15, -0.1) is 0 Å². The Labute approximate surface area is 129 Å². The van der Waals surface area contributed by atoms with Gasteiger partial charge in [-0.1, -0.05) is 27.5 Å². The summed E-state index contributed by atoms with van der Waals surface area (Å²) in [6.45, 7) is 1.56. The minimum absolute atomic E-state index is 0.0250. The standard InChI is InChI=1S/C11H11BrClNO5S/c1-2-19-11(16)14-20(17,18)10-5-7(9(15)6-12)3-4-8(10)13/h3-5H,2,6H2,1H3,(H,14,16). The van der Waals surface area contributed by atoms with Gasteiger partial charge in [0.25, 0.3) is 10.0 Å². The van der Waals surface area contributed by atoms with Crippen LogP contribution in [0, 0.1) is 0 Å². The van der Waals surface area contributed by atoms with Gasteiger partial charge in [-0.05, 0) is 25.1 Å². The molecule has 0 heterocycles. The first-order valence-corrected chi connectivity index (χ1v) is 8.38. The van der Waals surface area contributed by atoms with Crippen molar-refractivity contribution in [3.05, 3.63) is 28.8 Å². The molecule has 0 fully saturated rings. The molecule has 0 spiro atoms. The van der Waals surface area contributed by atoms with Gasteiger partial charge >= 0.3 is 6.09 Å². The Balaban J connectivity index is 3.17. The van der Waals surface area contributed by atoms with E-state index in [2.05, 4.69) is 20.7 Å². The van der Waals surface area contributed by atoms with Crippen molar-refractivity contribution in [2.75, 3.05) is 11.9 Å². The minimum atomic E-state index is -4.20. The summed E-state index contributed by atoms with van der Waals surface area (Å²) < 4.78 is 30.2. The van der Waals surface area contributed by atoms with E-state index < -0.39 is 16.1 Å². The van der Waals surface area contributed by atoms with E-state index in [1.54, 1.807) is 4.72 Å². The highest BCUT2D eigenvalue weighted by Crippen LogP contribution is 2.23. The van der Waals surface area contributed by atoms with Crippen LogP contribution >= 0.6 is 27.5 Å². The number of hydrogen-bond donors (Lipinski definition) is 1. The molecule has 1 aromatic rings. The van der Waals surface area contributed by atoms with Gasteiger partial charge in [0.15, 0.2) is 5.78 Å². The quantitative estimate of drug-likeness (QED) is 0.622. The van der Waals surface area contributed by atoms with Crippen molar-refractivity contribution in [2.24, 2.45) is 0 Å². The van der Waals surface area contributed by atoms with Crippen molar-refractivity contribution in [1.82, 2.24) is 4.72 Å². The average molecular weight is 385 g/mol. The molecule has 6 nitrogen and oxygen atoms in total. The van der Waals surface area contributed by atoms with E-state index in [1.165, 1.54) is 19.1 Å². The first-order valence-electron chi connectivity index (χ1n) is 5.40. The predicted molar refractivity (Wildman–Crippen MR) is 76.9 cm³/mol. The maximum Gasteiger partial charge on any atom is 0.421 e. The summed E-state index contributed by atoms with van der Waals surface area (Å²) in [7, 11) is -4.20. The highest BCUT2D eigenvalue weighted by atomic mass is 79.9. The summed E-state index contributed by atoms with van der Waals surface area (Å²) in [6, 6.07) is 3.78. The first-order chi connectivity index (χ1) is 9.31. The van der Waals surface area contributed by atoms with Crippen molar-refractivity contribution < 1.29 is 22.7 Å². The number of carbonyl (C=O) groups excluding carboxylic acids is 2. The number of nitrogens with one attached hydrogen (secondary N) is 1. The maximum atomic E-state index is 12.0. The Hall–Kier alpha value is -1.12. The van der Waals surface area contributed by atoms with Crippen molar-refractivity contribution >= 4 is 49.4 Å². The molecular formula is C11H11BrClNO5S. The lowest BCUT2D eigenvalue weighted by atomic mass is 10.1. The van der Waals surface area contributed by atoms with E-state index in [-0.39, 0.29) is 33.2 Å². The summed E-state index contributed by atoms with van der Waals surface area (Å²) in [4.78, 5) is 22.4. The number of amides is 1. The van der Waals surface area contributed by atoms with E-state index in [4.69, 9.17) is 11.6 Å². The van der Waals surface area contributed by atoms with E-state index >= 15 is 0 Å². The van der Waals surface area contributed by atoms with Crippen LogP contribution in [-0.2, 0) is 14.8 Å². The molecule has 1 amide bonds. The minimum Gasteiger partial charge on any atom is -0.449 e. The topological polar surface area (TPSA) is 89.5 Å². The molecule has 0 bridgehead atoms. The maximum absolute atomic E-state index is 12.0. The number of benzene rings is 1. The van der Waals surface area contributed by atoms with Crippen molar-refractivity contribution in [3.8, 4) is 0 Å². The fourth-order valence-electron chi connectivity index (χ4n) is 1.29. The summed E-state index contributed by atoms with van der Waals surface area (Å²) in [5, 5.41) is -0.0627. The molecule has 0 aliphatic heterocycles. The molecule has 0 saturated heterocycles. The fraction of sp³-hybridized carbons (Fsp3) is 0.273. The van der Waals surface area contributed by atoms with Crippen LogP contribution in [0.4, 0.5) is 4.79 Å². The smallest absolute Gasteiger partial charge is 0.421 e. The van der Waals surface area contributed by atoms with Crippen LogP contribution in [0.25, 0.3) is 0 Å². The summed E-state index contributed by atoms with van der Waals surface area (Å²) >= 11 is 8.78. The predicted octanol–water partition coefficient (Wildman–Crippen LogP) is 2.35. The summed E-state index contributed by atoms with van der Waals surface area (Å²) in [5.41, 5.74) is 0.163. The van der Waals surface area contributed by atoms with Gasteiger partial charge in [-0.2, -0.15) is 0 Å². The molecule has 1 aromatic carbocycles. The number of rotatable bonds is 5. The molecule has 0 saturated carbocycles. The van der Waals surface area contributed by atoms with Crippen LogP contribution in [0.2, 0.25) is 5.02 Å². The number of ether oxygens (including phenoxy) is 1. The molecule has 0 atom stereocenters. The third-order valence-electron chi connectivity index (χ3n) is 2.16. The third-order valence-corrected chi connectivity index (χ3v) is 4.46. The Bertz CT molecular complexity index is 632. The van der Waals surface area contributed by atoms with Crippen LogP contribution < -0.4 is 4.72 Å². The normalized spacial score (nSPS) is 10.9. The number of ketones is 1. The van der Waals surface area contributed by atoms with Gasteiger partial charge in [-0.25, -0.2) is 17.9 Å². The zero-order valence-electron chi connectivity index (χ0n) is 10.4. The number of Topliss-reactive ketones (excluding diaryl/α,β-unsaturated/α-hetero) is 1. The molecular weight excluding hydrogens is 374 g/mol. The number of halogens is 2. The molecule has 110 valence electrons. The van der Waals surface area contributed by atoms with Gasteiger partial charge in [0.05, 0.1) is 17.0 Å². The molecule has 1 N–H and O–H groups in total. The first kappa shape index (κ1) is 16.9. The SMILES string of the molecule is CCOC(=O)NS(=O)(=O)c1cc(C(=O)CBr)ccc1Cl. The molecule has 1 rings (SSSR count). The lowest BCUT2D eigenvalue weighted by Gasteiger charge is -2.09. The second-order valence-electron chi connectivity index (χ2n) is 3.53. The lowest BCUT2D eigenvalue weighted by molar-refractivity contribution is 0.102. The fourth-order valence-corrected chi connectivity index (χ4v) is 3.03. The molecule has 9 heteroatoms. The van der Waals surface area contributed by atoms with Crippen LogP contribution in [0.1, 0.15) is 17.3 Å². The van der Waals surface area contributed by atoms with E-state index in [0.717, 1.165) is 6.07 Å². The third kappa shape index (κ3) is 4.19. The second kappa shape index (κ2) is 7.05. The zero-order valence-corrected chi connectivity index (χ0v) is 13.5. The molecule has 0 aliphatic rings. The number of carbonyl (C=O) groups is 2. The number of sulfonamides is 1. The van der Waals surface area contributed by atoms with Crippen LogP contribution in [0.5, 0.6) is 0 Å². The number of hydrogen-bond acceptors (Lipinski definition) is 5. The van der Waals surface area contributed by atoms with Crippen LogP contribution in [-0.4, -0.2) is 32.2 Å². The van der Waals surface area contributed by atoms with E-state index in [1.807, 2.05) is 0 Å². The van der Waals surface area contributed by atoms with Crippen LogP contribution in [0.3, 0.4) is 0 Å². The second-order valence-corrected chi connectivity index (χ2v) is 6.15. The molecule has 0 aromatic heterocycles. The molecule has 0 radical (unpaired) electrons. The highest BCUT2D eigenvalue weighted by Gasteiger charge is 2.22. The lowest BCUT2D eigenvalue weighted by Crippen LogP contribution is -2.31. The largest absolute Gasteiger partial charge is 0.449 e. The van der Waals surface area contributed by atoms with Crippen molar-refractivity contribution in [1.29, 1.82) is 0 Å². The van der Waals surface area contributed by atoms with Gasteiger partial charge in [0, 0.05) is 5.56 Å². The molecule has 0 unspecified atom stereocenters. The zero-order chi connectivity index (χ0) is 15.3. The monoisotopic (exact) mass is 383 g/mol. The Morgan fingerprint density at radius 3 is 2.60 bits per heavy atom. The number of alkyl halides is 1. The highest BCUT2D eigenvalue weighted by molar-refractivity contribution is 9.09. The van der Waals surface area contributed by atoms with Gasteiger partial charge in [-0.3, -0.25) is 4.79 Å². The Morgan fingerprint density at radius 2 is 2.05 bits per heavy atom.